The van der Waals surface area contributed by atoms with E-state index in [4.69, 9.17) is 4.74 Å². The smallest absolute Gasteiger partial charge is 0.221 e. The van der Waals surface area contributed by atoms with Gasteiger partial charge in [0.05, 0.1) is 6.61 Å². The zero-order valence-corrected chi connectivity index (χ0v) is 12.8. The van der Waals surface area contributed by atoms with Gasteiger partial charge in [0.1, 0.15) is 0 Å². The molecule has 0 unspecified atom stereocenters. The first-order chi connectivity index (χ1) is 10.2. The van der Waals surface area contributed by atoms with E-state index in [0.717, 1.165) is 31.0 Å². The maximum atomic E-state index is 6.01. The number of anilines is 1. The van der Waals surface area contributed by atoms with Crippen LogP contribution in [0, 0.1) is 5.92 Å². The third-order valence-electron chi connectivity index (χ3n) is 4.14. The van der Waals surface area contributed by atoms with Gasteiger partial charge in [0.2, 0.25) is 5.88 Å². The lowest BCUT2D eigenvalue weighted by molar-refractivity contribution is 0.211. The SMILES string of the molecule is CN(C)c1ccc2c(OCC3CCNCC3)nccc2c1. The van der Waals surface area contributed by atoms with Crippen LogP contribution in [-0.2, 0) is 0 Å². The molecule has 2 heterocycles. The van der Waals surface area contributed by atoms with E-state index in [0.29, 0.717) is 5.92 Å². The van der Waals surface area contributed by atoms with Gasteiger partial charge in [-0.3, -0.25) is 0 Å². The number of piperidine rings is 1. The van der Waals surface area contributed by atoms with Crippen LogP contribution in [0.4, 0.5) is 5.69 Å². The van der Waals surface area contributed by atoms with Crippen molar-refractivity contribution in [2.45, 2.75) is 12.8 Å². The maximum absolute atomic E-state index is 6.01. The summed E-state index contributed by atoms with van der Waals surface area (Å²) in [5.74, 6) is 1.40. The minimum Gasteiger partial charge on any atom is -0.477 e. The summed E-state index contributed by atoms with van der Waals surface area (Å²) in [6, 6.07) is 8.44. The fourth-order valence-corrected chi connectivity index (χ4v) is 2.78. The number of nitrogens with one attached hydrogen (secondary N) is 1. The van der Waals surface area contributed by atoms with Crippen LogP contribution < -0.4 is 15.0 Å². The van der Waals surface area contributed by atoms with E-state index in [2.05, 4.69) is 47.5 Å². The van der Waals surface area contributed by atoms with Crippen molar-refractivity contribution in [2.75, 3.05) is 38.7 Å². The van der Waals surface area contributed by atoms with E-state index in [-0.39, 0.29) is 0 Å². The number of nitrogens with zero attached hydrogens (tertiary/aromatic N) is 2. The van der Waals surface area contributed by atoms with Gasteiger partial charge < -0.3 is 15.0 Å². The second-order valence-corrected chi connectivity index (χ2v) is 5.92. The molecule has 21 heavy (non-hydrogen) atoms. The van der Waals surface area contributed by atoms with Gasteiger partial charge in [-0.1, -0.05) is 0 Å². The molecule has 1 aromatic carbocycles. The molecule has 2 aromatic rings. The summed E-state index contributed by atoms with van der Waals surface area (Å²) < 4.78 is 6.01. The van der Waals surface area contributed by atoms with Crippen molar-refractivity contribution in [3.8, 4) is 5.88 Å². The molecular weight excluding hydrogens is 262 g/mol. The summed E-state index contributed by atoms with van der Waals surface area (Å²) in [6.07, 6.45) is 4.21. The lowest BCUT2D eigenvalue weighted by atomic mass is 9.99. The highest BCUT2D eigenvalue weighted by molar-refractivity contribution is 5.89. The van der Waals surface area contributed by atoms with Gasteiger partial charge >= 0.3 is 0 Å². The molecule has 0 spiro atoms. The number of hydrogen-bond acceptors (Lipinski definition) is 4. The summed E-state index contributed by atoms with van der Waals surface area (Å²) in [4.78, 5) is 6.52. The number of aromatic nitrogens is 1. The molecule has 1 aliphatic rings. The van der Waals surface area contributed by atoms with E-state index in [1.807, 2.05) is 12.3 Å². The Kier molecular flexibility index (Phi) is 4.25. The molecule has 1 fully saturated rings. The average Bonchev–Trinajstić information content (AvgIpc) is 2.53. The molecule has 0 aliphatic carbocycles. The molecule has 0 amide bonds. The number of ether oxygens (including phenoxy) is 1. The zero-order valence-electron chi connectivity index (χ0n) is 12.8. The van der Waals surface area contributed by atoms with E-state index in [9.17, 15) is 0 Å². The average molecular weight is 285 g/mol. The number of pyridine rings is 1. The molecule has 4 nitrogen and oxygen atoms in total. The van der Waals surface area contributed by atoms with Crippen LogP contribution in [0.2, 0.25) is 0 Å². The molecule has 112 valence electrons. The zero-order chi connectivity index (χ0) is 14.7. The van der Waals surface area contributed by atoms with Gasteiger partial charge in [0.25, 0.3) is 0 Å². The minimum absolute atomic E-state index is 0.643. The normalized spacial score (nSPS) is 16.1. The standard InChI is InChI=1S/C17H23N3O/c1-20(2)15-3-4-16-14(11-15)7-10-19-17(16)21-12-13-5-8-18-9-6-13/h3-4,7,10-11,13,18H,5-6,8-9,12H2,1-2H3. The van der Waals surface area contributed by atoms with Gasteiger partial charge in [-0.05, 0) is 61.5 Å². The van der Waals surface area contributed by atoms with Crippen molar-refractivity contribution in [1.29, 1.82) is 0 Å². The predicted molar refractivity (Wildman–Crippen MR) is 87.2 cm³/mol. The third-order valence-corrected chi connectivity index (χ3v) is 4.14. The molecule has 1 saturated heterocycles. The van der Waals surface area contributed by atoms with Gasteiger partial charge in [-0.15, -0.1) is 0 Å². The van der Waals surface area contributed by atoms with Gasteiger partial charge in [-0.2, -0.15) is 0 Å². The lowest BCUT2D eigenvalue weighted by Gasteiger charge is -2.22. The van der Waals surface area contributed by atoms with Crippen molar-refractivity contribution in [3.63, 3.8) is 0 Å². The molecule has 0 radical (unpaired) electrons. The van der Waals surface area contributed by atoms with Crippen LogP contribution in [0.3, 0.4) is 0 Å². The Morgan fingerprint density at radius 3 is 2.81 bits per heavy atom. The van der Waals surface area contributed by atoms with Crippen LogP contribution in [0.5, 0.6) is 5.88 Å². The molecule has 0 atom stereocenters. The molecule has 0 bridgehead atoms. The number of benzene rings is 1. The Bertz CT molecular complexity index is 606. The Labute approximate surface area is 126 Å². The van der Waals surface area contributed by atoms with Crippen LogP contribution in [0.15, 0.2) is 30.5 Å². The van der Waals surface area contributed by atoms with Crippen molar-refractivity contribution in [2.24, 2.45) is 5.92 Å². The number of rotatable bonds is 4. The van der Waals surface area contributed by atoms with Crippen molar-refractivity contribution < 1.29 is 4.74 Å². The van der Waals surface area contributed by atoms with E-state index in [1.54, 1.807) is 0 Å². The summed E-state index contributed by atoms with van der Waals surface area (Å²) >= 11 is 0. The molecule has 3 rings (SSSR count). The first-order valence-electron chi connectivity index (χ1n) is 7.63. The highest BCUT2D eigenvalue weighted by atomic mass is 16.5. The molecule has 1 aliphatic heterocycles. The molecule has 1 aromatic heterocycles. The van der Waals surface area contributed by atoms with E-state index >= 15 is 0 Å². The Balaban J connectivity index is 1.78. The van der Waals surface area contributed by atoms with Crippen LogP contribution >= 0.6 is 0 Å². The fourth-order valence-electron chi connectivity index (χ4n) is 2.78. The molecule has 1 N–H and O–H groups in total. The molecular formula is C17H23N3O. The van der Waals surface area contributed by atoms with Crippen molar-refractivity contribution in [1.82, 2.24) is 10.3 Å². The summed E-state index contributed by atoms with van der Waals surface area (Å²) in [7, 11) is 4.10. The lowest BCUT2D eigenvalue weighted by Crippen LogP contribution is -2.30. The highest BCUT2D eigenvalue weighted by Crippen LogP contribution is 2.27. The first kappa shape index (κ1) is 14.1. The molecule has 4 heteroatoms. The second kappa shape index (κ2) is 6.31. The molecule has 0 saturated carbocycles. The summed E-state index contributed by atoms with van der Waals surface area (Å²) in [6.45, 7) is 2.97. The van der Waals surface area contributed by atoms with Gasteiger partial charge in [0.15, 0.2) is 0 Å². The maximum Gasteiger partial charge on any atom is 0.221 e. The predicted octanol–water partition coefficient (Wildman–Crippen LogP) is 2.68. The van der Waals surface area contributed by atoms with E-state index in [1.165, 1.54) is 23.9 Å². The quantitative estimate of drug-likeness (QED) is 0.937. The van der Waals surface area contributed by atoms with Crippen LogP contribution in [0.1, 0.15) is 12.8 Å². The number of hydrogen-bond donors (Lipinski definition) is 1. The van der Waals surface area contributed by atoms with Crippen molar-refractivity contribution in [3.05, 3.63) is 30.5 Å². The van der Waals surface area contributed by atoms with Gasteiger partial charge in [0, 0.05) is 31.4 Å². The minimum atomic E-state index is 0.643. The monoisotopic (exact) mass is 285 g/mol. The first-order valence-corrected chi connectivity index (χ1v) is 7.63. The number of fused-ring (bicyclic) bond motifs is 1. The largest absolute Gasteiger partial charge is 0.477 e. The Morgan fingerprint density at radius 1 is 1.24 bits per heavy atom. The van der Waals surface area contributed by atoms with E-state index < -0.39 is 0 Å². The second-order valence-electron chi connectivity index (χ2n) is 5.92. The topological polar surface area (TPSA) is 37.4 Å². The third kappa shape index (κ3) is 3.27. The Morgan fingerprint density at radius 2 is 2.05 bits per heavy atom. The van der Waals surface area contributed by atoms with Crippen LogP contribution in [-0.4, -0.2) is 38.8 Å². The Hall–Kier alpha value is -1.81. The van der Waals surface area contributed by atoms with Crippen LogP contribution in [0.25, 0.3) is 10.8 Å². The highest BCUT2D eigenvalue weighted by Gasteiger charge is 2.14. The summed E-state index contributed by atoms with van der Waals surface area (Å²) in [5, 5.41) is 5.66. The van der Waals surface area contributed by atoms with Crippen molar-refractivity contribution >= 4 is 16.5 Å². The van der Waals surface area contributed by atoms with Gasteiger partial charge in [-0.25, -0.2) is 4.98 Å². The summed E-state index contributed by atoms with van der Waals surface area (Å²) in [5.41, 5.74) is 1.19. The fraction of sp³-hybridized carbons (Fsp3) is 0.471.